The zero-order chi connectivity index (χ0) is 11.4. The molecule has 0 aliphatic carbocycles. The number of hydrogen-bond acceptors (Lipinski definition) is 5. The summed E-state index contributed by atoms with van der Waals surface area (Å²) in [6.07, 6.45) is -0.0655. The Hall–Kier alpha value is -1.85. The number of rotatable bonds is 4. The largest absolute Gasteiger partial charge is 0.475 e. The van der Waals surface area contributed by atoms with Crippen molar-refractivity contribution >= 4 is 11.5 Å². The third-order valence-corrected chi connectivity index (χ3v) is 1.61. The molecule has 0 bridgehead atoms. The minimum absolute atomic E-state index is 0.0370. The van der Waals surface area contributed by atoms with Gasteiger partial charge in [-0.1, -0.05) is 0 Å². The van der Waals surface area contributed by atoms with Gasteiger partial charge in [0.15, 0.2) is 0 Å². The van der Waals surface area contributed by atoms with E-state index in [1.807, 2.05) is 13.8 Å². The third kappa shape index (κ3) is 3.08. The van der Waals surface area contributed by atoms with Crippen LogP contribution in [0.5, 0.6) is 5.88 Å². The topological polar surface area (TPSA) is 77.3 Å². The Morgan fingerprint density at radius 3 is 2.67 bits per heavy atom. The molecule has 0 aliphatic heterocycles. The number of aromatic nitrogens is 1. The normalized spacial score (nSPS) is 10.1. The van der Waals surface area contributed by atoms with Gasteiger partial charge in [0.05, 0.1) is 23.2 Å². The summed E-state index contributed by atoms with van der Waals surface area (Å²) in [7, 11) is 1.64. The van der Waals surface area contributed by atoms with Crippen molar-refractivity contribution in [2.45, 2.75) is 20.0 Å². The predicted octanol–water partition coefficient (Wildman–Crippen LogP) is 1.82. The second kappa shape index (κ2) is 4.59. The Morgan fingerprint density at radius 1 is 1.53 bits per heavy atom. The molecule has 0 spiro atoms. The second-order valence-corrected chi connectivity index (χ2v) is 3.22. The summed E-state index contributed by atoms with van der Waals surface area (Å²) in [6, 6.07) is 2.66. The molecular weight excluding hydrogens is 198 g/mol. The smallest absolute Gasteiger partial charge is 0.278 e. The monoisotopic (exact) mass is 211 g/mol. The number of hydrogen-bond donors (Lipinski definition) is 1. The van der Waals surface area contributed by atoms with Gasteiger partial charge in [0.2, 0.25) is 5.88 Å². The molecule has 0 fully saturated rings. The van der Waals surface area contributed by atoms with Crippen LogP contribution in [0.4, 0.5) is 11.5 Å². The van der Waals surface area contributed by atoms with Crippen LogP contribution in [0, 0.1) is 10.1 Å². The molecule has 0 atom stereocenters. The average molecular weight is 211 g/mol. The lowest BCUT2D eigenvalue weighted by atomic mass is 10.4. The van der Waals surface area contributed by atoms with E-state index in [4.69, 9.17) is 4.74 Å². The fraction of sp³-hybridized carbons (Fsp3) is 0.444. The Balaban J connectivity index is 3.05. The lowest BCUT2D eigenvalue weighted by Gasteiger charge is -2.09. The number of nitro groups is 1. The fourth-order valence-electron chi connectivity index (χ4n) is 1.03. The molecule has 1 rings (SSSR count). The molecule has 1 aromatic heterocycles. The van der Waals surface area contributed by atoms with Crippen molar-refractivity contribution in [3.8, 4) is 5.88 Å². The molecule has 0 radical (unpaired) electrons. The molecule has 6 nitrogen and oxygen atoms in total. The van der Waals surface area contributed by atoms with E-state index in [0.29, 0.717) is 5.82 Å². The van der Waals surface area contributed by atoms with Gasteiger partial charge in [0, 0.05) is 7.05 Å². The number of nitrogens with zero attached hydrogens (tertiary/aromatic N) is 2. The Labute approximate surface area is 87.4 Å². The van der Waals surface area contributed by atoms with Crippen LogP contribution in [0.15, 0.2) is 12.1 Å². The maximum Gasteiger partial charge on any atom is 0.278 e. The number of ether oxygens (including phenoxy) is 1. The molecule has 0 unspecified atom stereocenters. The standard InChI is InChI=1S/C9H13N3O3/c1-6(2)15-9-5-7(12(13)14)4-8(10-3)11-9/h4-6H,1-3H3,(H,10,11). The van der Waals surface area contributed by atoms with Crippen LogP contribution in [-0.2, 0) is 0 Å². The first-order valence-electron chi connectivity index (χ1n) is 4.54. The van der Waals surface area contributed by atoms with E-state index in [1.54, 1.807) is 7.05 Å². The van der Waals surface area contributed by atoms with Crippen LogP contribution in [0.25, 0.3) is 0 Å². The Morgan fingerprint density at radius 2 is 2.20 bits per heavy atom. The summed E-state index contributed by atoms with van der Waals surface area (Å²) in [4.78, 5) is 14.2. The van der Waals surface area contributed by atoms with Crippen LogP contribution in [-0.4, -0.2) is 23.1 Å². The highest BCUT2D eigenvalue weighted by Gasteiger charge is 2.12. The first-order valence-corrected chi connectivity index (χ1v) is 4.54. The van der Waals surface area contributed by atoms with Crippen molar-refractivity contribution in [3.05, 3.63) is 22.2 Å². The molecule has 0 aromatic carbocycles. The lowest BCUT2D eigenvalue weighted by Crippen LogP contribution is -2.08. The van der Waals surface area contributed by atoms with Crippen LogP contribution >= 0.6 is 0 Å². The minimum Gasteiger partial charge on any atom is -0.475 e. The van der Waals surface area contributed by atoms with E-state index in [9.17, 15) is 10.1 Å². The molecule has 0 amide bonds. The van der Waals surface area contributed by atoms with Crippen molar-refractivity contribution in [3.63, 3.8) is 0 Å². The first kappa shape index (κ1) is 11.2. The van der Waals surface area contributed by atoms with Gasteiger partial charge in [-0.05, 0) is 13.8 Å². The van der Waals surface area contributed by atoms with Crippen LogP contribution in [0.1, 0.15) is 13.8 Å². The van der Waals surface area contributed by atoms with Gasteiger partial charge in [-0.3, -0.25) is 10.1 Å². The van der Waals surface area contributed by atoms with Crippen molar-refractivity contribution in [2.75, 3.05) is 12.4 Å². The van der Waals surface area contributed by atoms with Gasteiger partial charge in [0.1, 0.15) is 5.82 Å². The van der Waals surface area contributed by atoms with E-state index >= 15 is 0 Å². The van der Waals surface area contributed by atoms with Crippen molar-refractivity contribution in [2.24, 2.45) is 0 Å². The van der Waals surface area contributed by atoms with Gasteiger partial charge in [-0.2, -0.15) is 4.98 Å². The van der Waals surface area contributed by atoms with E-state index in [2.05, 4.69) is 10.3 Å². The van der Waals surface area contributed by atoms with E-state index in [0.717, 1.165) is 0 Å². The maximum absolute atomic E-state index is 10.6. The summed E-state index contributed by atoms with van der Waals surface area (Å²) in [6.45, 7) is 3.67. The minimum atomic E-state index is -0.476. The zero-order valence-electron chi connectivity index (χ0n) is 8.85. The highest BCUT2D eigenvalue weighted by atomic mass is 16.6. The highest BCUT2D eigenvalue weighted by molar-refractivity contribution is 5.47. The molecule has 1 heterocycles. The molecule has 0 saturated carbocycles. The van der Waals surface area contributed by atoms with Gasteiger partial charge in [0.25, 0.3) is 5.69 Å². The van der Waals surface area contributed by atoms with E-state index in [-0.39, 0.29) is 17.7 Å². The van der Waals surface area contributed by atoms with Crippen LogP contribution in [0.3, 0.4) is 0 Å². The van der Waals surface area contributed by atoms with Crippen molar-refractivity contribution in [1.29, 1.82) is 0 Å². The van der Waals surface area contributed by atoms with Crippen LogP contribution < -0.4 is 10.1 Å². The first-order chi connectivity index (χ1) is 7.02. The zero-order valence-corrected chi connectivity index (χ0v) is 8.85. The van der Waals surface area contributed by atoms with Crippen LogP contribution in [0.2, 0.25) is 0 Å². The molecule has 1 aromatic rings. The van der Waals surface area contributed by atoms with Crippen molar-refractivity contribution in [1.82, 2.24) is 4.98 Å². The van der Waals surface area contributed by atoms with Gasteiger partial charge in [-0.15, -0.1) is 0 Å². The lowest BCUT2D eigenvalue weighted by molar-refractivity contribution is -0.384. The summed E-state index contributed by atoms with van der Waals surface area (Å²) in [5, 5.41) is 13.3. The Kier molecular flexibility index (Phi) is 3.43. The average Bonchev–Trinajstić information content (AvgIpc) is 2.16. The SMILES string of the molecule is CNc1cc([N+](=O)[O-])cc(OC(C)C)n1. The summed E-state index contributed by atoms with van der Waals surface area (Å²) >= 11 is 0. The van der Waals surface area contributed by atoms with Gasteiger partial charge >= 0.3 is 0 Å². The molecule has 1 N–H and O–H groups in total. The maximum atomic E-state index is 10.6. The molecule has 6 heteroatoms. The summed E-state index contributed by atoms with van der Waals surface area (Å²) in [5.41, 5.74) is -0.0370. The predicted molar refractivity (Wildman–Crippen MR) is 56.2 cm³/mol. The van der Waals surface area contributed by atoms with Gasteiger partial charge < -0.3 is 10.1 Å². The van der Waals surface area contributed by atoms with E-state index < -0.39 is 4.92 Å². The molecular formula is C9H13N3O3. The molecule has 0 aliphatic rings. The molecule has 15 heavy (non-hydrogen) atoms. The second-order valence-electron chi connectivity index (χ2n) is 3.22. The van der Waals surface area contributed by atoms with Gasteiger partial charge in [-0.25, -0.2) is 0 Å². The number of anilines is 1. The van der Waals surface area contributed by atoms with Crippen molar-refractivity contribution < 1.29 is 9.66 Å². The summed E-state index contributed by atoms with van der Waals surface area (Å²) < 4.78 is 5.29. The van der Waals surface area contributed by atoms with E-state index in [1.165, 1.54) is 12.1 Å². The highest BCUT2D eigenvalue weighted by Crippen LogP contribution is 2.22. The fourth-order valence-corrected chi connectivity index (χ4v) is 1.03. The molecule has 0 saturated heterocycles. The third-order valence-electron chi connectivity index (χ3n) is 1.61. The number of pyridine rings is 1. The Bertz CT molecular complexity index is 366. The number of nitrogens with one attached hydrogen (secondary N) is 1. The molecule has 82 valence electrons. The summed E-state index contributed by atoms with van der Waals surface area (Å²) in [5.74, 6) is 0.670. The quantitative estimate of drug-likeness (QED) is 0.607.